The fraction of sp³-hybridized carbons (Fsp3) is 0.500. The van der Waals surface area contributed by atoms with Gasteiger partial charge in [0.05, 0.1) is 17.3 Å². The lowest BCUT2D eigenvalue weighted by Gasteiger charge is -2.06. The minimum atomic E-state index is -0.564. The summed E-state index contributed by atoms with van der Waals surface area (Å²) in [5.74, 6) is -0.323. The van der Waals surface area contributed by atoms with E-state index >= 15 is 0 Å². The Hall–Kier alpha value is -1.90. The molecule has 0 saturated heterocycles. The van der Waals surface area contributed by atoms with Gasteiger partial charge in [0.15, 0.2) is 5.03 Å². The van der Waals surface area contributed by atoms with Crippen molar-refractivity contribution in [2.24, 2.45) is 0 Å². The van der Waals surface area contributed by atoms with Crippen molar-refractivity contribution in [3.63, 3.8) is 0 Å². The van der Waals surface area contributed by atoms with Gasteiger partial charge >= 0.3 is 11.7 Å². The number of nitro groups is 1. The van der Waals surface area contributed by atoms with Gasteiger partial charge in [-0.1, -0.05) is 11.8 Å². The number of nitrogens with zero attached hydrogens (tertiary/aromatic N) is 3. The third-order valence-corrected chi connectivity index (χ3v) is 2.90. The van der Waals surface area contributed by atoms with Gasteiger partial charge in [0, 0.05) is 6.54 Å². The second-order valence-electron chi connectivity index (χ2n) is 3.26. The molecule has 0 aliphatic carbocycles. The van der Waals surface area contributed by atoms with Crippen molar-refractivity contribution in [2.75, 3.05) is 24.2 Å². The lowest BCUT2D eigenvalue weighted by Crippen LogP contribution is -2.09. The molecule has 0 unspecified atom stereocenters. The van der Waals surface area contributed by atoms with Crippen LogP contribution in [0, 0.1) is 10.1 Å². The topological polar surface area (TPSA) is 107 Å². The van der Waals surface area contributed by atoms with Crippen molar-refractivity contribution in [3.8, 4) is 0 Å². The first-order valence-corrected chi connectivity index (χ1v) is 6.60. The Morgan fingerprint density at radius 3 is 2.84 bits per heavy atom. The van der Waals surface area contributed by atoms with E-state index in [9.17, 15) is 14.9 Å². The number of carbonyl (C=O) groups excluding carboxylic acids is 1. The Morgan fingerprint density at radius 2 is 2.26 bits per heavy atom. The average Bonchev–Trinajstić information content (AvgIpc) is 2.37. The molecule has 0 aliphatic rings. The van der Waals surface area contributed by atoms with Gasteiger partial charge < -0.3 is 10.1 Å². The van der Waals surface area contributed by atoms with Gasteiger partial charge in [-0.05, 0) is 13.8 Å². The van der Waals surface area contributed by atoms with Crippen LogP contribution in [0.15, 0.2) is 11.4 Å². The Bertz CT molecular complexity index is 469. The normalized spacial score (nSPS) is 10.0. The number of aromatic nitrogens is 2. The molecule has 1 aromatic rings. The van der Waals surface area contributed by atoms with E-state index < -0.39 is 10.9 Å². The number of anilines is 1. The van der Waals surface area contributed by atoms with Gasteiger partial charge in [0.25, 0.3) is 0 Å². The molecule has 104 valence electrons. The maximum atomic E-state index is 11.2. The van der Waals surface area contributed by atoms with E-state index in [2.05, 4.69) is 15.3 Å². The number of esters is 1. The first-order valence-electron chi connectivity index (χ1n) is 5.61. The SMILES string of the molecule is CCNc1ncnc(SCC(=O)OCC)c1[N+](=O)[O-]. The van der Waals surface area contributed by atoms with E-state index in [-0.39, 0.29) is 28.9 Å². The van der Waals surface area contributed by atoms with Gasteiger partial charge in [-0.3, -0.25) is 14.9 Å². The number of carbonyl (C=O) groups is 1. The molecule has 19 heavy (non-hydrogen) atoms. The van der Waals surface area contributed by atoms with Crippen LogP contribution in [0.25, 0.3) is 0 Å². The van der Waals surface area contributed by atoms with E-state index in [1.807, 2.05) is 0 Å². The van der Waals surface area contributed by atoms with E-state index in [0.29, 0.717) is 6.54 Å². The highest BCUT2D eigenvalue weighted by atomic mass is 32.2. The van der Waals surface area contributed by atoms with Crippen LogP contribution in [-0.2, 0) is 9.53 Å². The molecule has 0 amide bonds. The van der Waals surface area contributed by atoms with E-state index in [0.717, 1.165) is 11.8 Å². The molecule has 0 saturated carbocycles. The summed E-state index contributed by atoms with van der Waals surface area (Å²) in [6, 6.07) is 0. The quantitative estimate of drug-likeness (QED) is 0.264. The lowest BCUT2D eigenvalue weighted by molar-refractivity contribution is -0.387. The number of rotatable bonds is 7. The molecule has 0 radical (unpaired) electrons. The highest BCUT2D eigenvalue weighted by molar-refractivity contribution is 8.00. The second kappa shape index (κ2) is 7.52. The van der Waals surface area contributed by atoms with E-state index in [4.69, 9.17) is 4.74 Å². The third kappa shape index (κ3) is 4.36. The average molecular weight is 286 g/mol. The Balaban J connectivity index is 2.90. The number of nitrogens with one attached hydrogen (secondary N) is 1. The number of hydrogen-bond donors (Lipinski definition) is 1. The number of hydrogen-bond acceptors (Lipinski definition) is 8. The van der Waals surface area contributed by atoms with Crippen LogP contribution in [0.4, 0.5) is 11.5 Å². The summed E-state index contributed by atoms with van der Waals surface area (Å²) < 4.78 is 4.75. The highest BCUT2D eigenvalue weighted by Crippen LogP contribution is 2.31. The van der Waals surface area contributed by atoms with Crippen molar-refractivity contribution in [1.29, 1.82) is 0 Å². The zero-order chi connectivity index (χ0) is 14.3. The minimum Gasteiger partial charge on any atom is -0.465 e. The molecule has 0 bridgehead atoms. The molecule has 0 spiro atoms. The molecule has 1 aromatic heterocycles. The molecule has 1 N–H and O–H groups in total. The van der Waals surface area contributed by atoms with Crippen LogP contribution < -0.4 is 5.32 Å². The monoisotopic (exact) mass is 286 g/mol. The summed E-state index contributed by atoms with van der Waals surface area (Å²) in [5.41, 5.74) is -0.223. The zero-order valence-electron chi connectivity index (χ0n) is 10.6. The predicted octanol–water partition coefficient (Wildman–Crippen LogP) is 1.47. The van der Waals surface area contributed by atoms with Crippen LogP contribution in [-0.4, -0.2) is 39.8 Å². The molecular formula is C10H14N4O4S. The molecule has 1 rings (SSSR count). The van der Waals surface area contributed by atoms with E-state index in [1.54, 1.807) is 13.8 Å². The molecule has 0 atom stereocenters. The highest BCUT2D eigenvalue weighted by Gasteiger charge is 2.23. The first kappa shape index (κ1) is 15.2. The van der Waals surface area contributed by atoms with Crippen LogP contribution in [0.5, 0.6) is 0 Å². The fourth-order valence-corrected chi connectivity index (χ4v) is 2.03. The molecular weight excluding hydrogens is 272 g/mol. The minimum absolute atomic E-state index is 0.0305. The maximum Gasteiger partial charge on any atom is 0.343 e. The number of ether oxygens (including phenoxy) is 1. The zero-order valence-corrected chi connectivity index (χ0v) is 11.4. The molecule has 9 heteroatoms. The summed E-state index contributed by atoms with van der Waals surface area (Å²) in [6.45, 7) is 4.27. The Kier molecular flexibility index (Phi) is 6.00. The second-order valence-corrected chi connectivity index (χ2v) is 4.22. The summed E-state index contributed by atoms with van der Waals surface area (Å²) in [4.78, 5) is 29.4. The lowest BCUT2D eigenvalue weighted by atomic mass is 10.5. The molecule has 8 nitrogen and oxygen atoms in total. The van der Waals surface area contributed by atoms with Crippen LogP contribution >= 0.6 is 11.8 Å². The molecule has 1 heterocycles. The summed E-state index contributed by atoms with van der Waals surface area (Å²) in [6.07, 6.45) is 1.22. The Labute approximate surface area is 114 Å². The summed E-state index contributed by atoms with van der Waals surface area (Å²) >= 11 is 0.956. The predicted molar refractivity (Wildman–Crippen MR) is 70.2 cm³/mol. The number of thioether (sulfide) groups is 1. The summed E-state index contributed by atoms with van der Waals surface area (Å²) in [5, 5.41) is 14.0. The van der Waals surface area contributed by atoms with E-state index in [1.165, 1.54) is 6.33 Å². The fourth-order valence-electron chi connectivity index (χ4n) is 1.26. The van der Waals surface area contributed by atoms with Crippen molar-refractivity contribution >= 4 is 29.2 Å². The standard InChI is InChI=1S/C10H14N4O4S/c1-3-11-9-8(14(16)17)10(13-6-12-9)19-5-7(15)18-4-2/h6H,3-5H2,1-2H3,(H,11,12,13). The largest absolute Gasteiger partial charge is 0.465 e. The first-order chi connectivity index (χ1) is 9.10. The van der Waals surface area contributed by atoms with Crippen LogP contribution in [0.3, 0.4) is 0 Å². The van der Waals surface area contributed by atoms with Crippen molar-refractivity contribution in [1.82, 2.24) is 9.97 Å². The van der Waals surface area contributed by atoms with Crippen molar-refractivity contribution < 1.29 is 14.5 Å². The Morgan fingerprint density at radius 1 is 1.53 bits per heavy atom. The maximum absolute atomic E-state index is 11.2. The van der Waals surface area contributed by atoms with Crippen molar-refractivity contribution in [2.45, 2.75) is 18.9 Å². The van der Waals surface area contributed by atoms with Crippen LogP contribution in [0.2, 0.25) is 0 Å². The van der Waals surface area contributed by atoms with Gasteiger partial charge in [-0.15, -0.1) is 0 Å². The van der Waals surface area contributed by atoms with Gasteiger partial charge in [0.2, 0.25) is 5.82 Å². The van der Waals surface area contributed by atoms with Crippen molar-refractivity contribution in [3.05, 3.63) is 16.4 Å². The van der Waals surface area contributed by atoms with Gasteiger partial charge in [-0.2, -0.15) is 0 Å². The summed E-state index contributed by atoms with van der Waals surface area (Å²) in [7, 11) is 0. The molecule has 0 fully saturated rings. The molecule has 0 aromatic carbocycles. The van der Waals surface area contributed by atoms with Gasteiger partial charge in [0.1, 0.15) is 6.33 Å². The van der Waals surface area contributed by atoms with Gasteiger partial charge in [-0.25, -0.2) is 9.97 Å². The molecule has 0 aliphatic heterocycles. The smallest absolute Gasteiger partial charge is 0.343 e. The third-order valence-electron chi connectivity index (χ3n) is 1.95. The van der Waals surface area contributed by atoms with Crippen LogP contribution in [0.1, 0.15) is 13.8 Å².